The minimum atomic E-state index is -0.784. The molecule has 2 N–H and O–H groups in total. The van der Waals surface area contributed by atoms with Crippen LogP contribution in [-0.4, -0.2) is 51.8 Å². The van der Waals surface area contributed by atoms with E-state index in [1.165, 1.54) is 0 Å². The molecule has 1 amide bonds. The van der Waals surface area contributed by atoms with Gasteiger partial charge < -0.3 is 15.3 Å². The highest BCUT2D eigenvalue weighted by Gasteiger charge is 2.34. The quantitative estimate of drug-likeness (QED) is 0.762. The summed E-state index contributed by atoms with van der Waals surface area (Å²) < 4.78 is 0. The van der Waals surface area contributed by atoms with Crippen molar-refractivity contribution in [3.8, 4) is 0 Å². The molecule has 0 spiro atoms. The molecule has 0 radical (unpaired) electrons. The standard InChI is InChI=1S/C11H16N4O2/c1-11(17)5-6-15(7-11)10(16)8-3-4-9(12-2)14-13-8/h3-4,17H,5-7H2,1-2H3,(H,12,14). The van der Waals surface area contributed by atoms with E-state index in [1.807, 2.05) is 0 Å². The third-order valence-electron chi connectivity index (χ3n) is 2.88. The second-order valence-corrected chi connectivity index (χ2v) is 4.53. The molecule has 1 aromatic heterocycles. The molecular weight excluding hydrogens is 220 g/mol. The average molecular weight is 236 g/mol. The molecule has 1 saturated heterocycles. The van der Waals surface area contributed by atoms with Gasteiger partial charge in [0.25, 0.3) is 5.91 Å². The maximum absolute atomic E-state index is 12.0. The second kappa shape index (κ2) is 4.29. The first-order valence-corrected chi connectivity index (χ1v) is 5.55. The summed E-state index contributed by atoms with van der Waals surface area (Å²) in [5, 5.41) is 20.4. The molecular formula is C11H16N4O2. The normalized spacial score (nSPS) is 23.8. The van der Waals surface area contributed by atoms with Gasteiger partial charge in [-0.2, -0.15) is 0 Å². The van der Waals surface area contributed by atoms with Crippen molar-refractivity contribution in [2.75, 3.05) is 25.5 Å². The van der Waals surface area contributed by atoms with Crippen molar-refractivity contribution in [2.24, 2.45) is 0 Å². The Labute approximate surface area is 99.7 Å². The highest BCUT2D eigenvalue weighted by atomic mass is 16.3. The van der Waals surface area contributed by atoms with Gasteiger partial charge in [-0.15, -0.1) is 10.2 Å². The van der Waals surface area contributed by atoms with Crippen LogP contribution in [0.1, 0.15) is 23.8 Å². The van der Waals surface area contributed by atoms with Crippen molar-refractivity contribution < 1.29 is 9.90 Å². The van der Waals surface area contributed by atoms with E-state index < -0.39 is 5.60 Å². The predicted octanol–water partition coefficient (Wildman–Crippen LogP) is 0.115. The van der Waals surface area contributed by atoms with Crippen LogP contribution < -0.4 is 5.32 Å². The number of aliphatic hydroxyl groups is 1. The van der Waals surface area contributed by atoms with Gasteiger partial charge in [0.1, 0.15) is 5.82 Å². The van der Waals surface area contributed by atoms with Crippen LogP contribution in [0.25, 0.3) is 0 Å². The minimum absolute atomic E-state index is 0.182. The van der Waals surface area contributed by atoms with E-state index in [0.717, 1.165) is 0 Å². The number of hydrogen-bond donors (Lipinski definition) is 2. The lowest BCUT2D eigenvalue weighted by molar-refractivity contribution is 0.0568. The van der Waals surface area contributed by atoms with Crippen molar-refractivity contribution in [1.29, 1.82) is 0 Å². The third-order valence-corrected chi connectivity index (χ3v) is 2.88. The maximum atomic E-state index is 12.0. The number of amides is 1. The number of nitrogens with one attached hydrogen (secondary N) is 1. The van der Waals surface area contributed by atoms with Crippen LogP contribution in [-0.2, 0) is 0 Å². The van der Waals surface area contributed by atoms with Crippen molar-refractivity contribution in [2.45, 2.75) is 18.9 Å². The number of likely N-dealkylation sites (tertiary alicyclic amines) is 1. The van der Waals surface area contributed by atoms with E-state index in [4.69, 9.17) is 0 Å². The van der Waals surface area contributed by atoms with E-state index in [2.05, 4.69) is 15.5 Å². The summed E-state index contributed by atoms with van der Waals surface area (Å²) in [7, 11) is 1.74. The van der Waals surface area contributed by atoms with Crippen LogP contribution in [0.15, 0.2) is 12.1 Å². The monoisotopic (exact) mass is 236 g/mol. The van der Waals surface area contributed by atoms with Crippen LogP contribution in [0, 0.1) is 0 Å². The summed E-state index contributed by atoms with van der Waals surface area (Å²) in [5.41, 5.74) is -0.477. The molecule has 0 saturated carbocycles. The van der Waals surface area contributed by atoms with Crippen LogP contribution in [0.2, 0.25) is 0 Å². The SMILES string of the molecule is CNc1ccc(C(=O)N2CCC(C)(O)C2)nn1. The van der Waals surface area contributed by atoms with Gasteiger partial charge >= 0.3 is 0 Å². The molecule has 2 rings (SSSR count). The molecule has 2 heterocycles. The Bertz CT molecular complexity index is 416. The summed E-state index contributed by atoms with van der Waals surface area (Å²) in [6, 6.07) is 3.34. The maximum Gasteiger partial charge on any atom is 0.274 e. The fourth-order valence-electron chi connectivity index (χ4n) is 1.86. The lowest BCUT2D eigenvalue weighted by atomic mass is 10.1. The number of β-amino-alcohol motifs (C(OH)–C–C–N with tert-alkyl or cyclic N) is 1. The second-order valence-electron chi connectivity index (χ2n) is 4.53. The molecule has 92 valence electrons. The summed E-state index contributed by atoms with van der Waals surface area (Å²) in [6.07, 6.45) is 0.598. The van der Waals surface area contributed by atoms with Crippen LogP contribution in [0.5, 0.6) is 0 Å². The topological polar surface area (TPSA) is 78.4 Å². The van der Waals surface area contributed by atoms with Crippen LogP contribution in [0.3, 0.4) is 0 Å². The molecule has 6 heteroatoms. The largest absolute Gasteiger partial charge is 0.388 e. The van der Waals surface area contributed by atoms with Gasteiger partial charge in [0.2, 0.25) is 0 Å². The van der Waals surface area contributed by atoms with Gasteiger partial charge in [-0.1, -0.05) is 0 Å². The van der Waals surface area contributed by atoms with Gasteiger partial charge in [0.05, 0.1) is 5.60 Å². The lowest BCUT2D eigenvalue weighted by Gasteiger charge is -2.18. The number of anilines is 1. The number of nitrogens with zero attached hydrogens (tertiary/aromatic N) is 3. The summed E-state index contributed by atoms with van der Waals surface area (Å²) in [5.74, 6) is 0.438. The zero-order chi connectivity index (χ0) is 12.5. The number of carbonyl (C=O) groups is 1. The van der Waals surface area contributed by atoms with Crippen molar-refractivity contribution in [1.82, 2.24) is 15.1 Å². The zero-order valence-corrected chi connectivity index (χ0v) is 9.97. The summed E-state index contributed by atoms with van der Waals surface area (Å²) >= 11 is 0. The van der Waals surface area contributed by atoms with Crippen molar-refractivity contribution in [3.63, 3.8) is 0 Å². The Balaban J connectivity index is 2.09. The van der Waals surface area contributed by atoms with Gasteiger partial charge in [-0.25, -0.2) is 0 Å². The molecule has 1 unspecified atom stereocenters. The van der Waals surface area contributed by atoms with E-state index in [-0.39, 0.29) is 5.91 Å². The Morgan fingerprint density at radius 3 is 2.76 bits per heavy atom. The van der Waals surface area contributed by atoms with Gasteiger partial charge in [-0.05, 0) is 25.5 Å². The average Bonchev–Trinajstić information content (AvgIpc) is 2.69. The fraction of sp³-hybridized carbons (Fsp3) is 0.545. The first-order valence-electron chi connectivity index (χ1n) is 5.55. The fourth-order valence-corrected chi connectivity index (χ4v) is 1.86. The molecule has 0 aliphatic carbocycles. The first kappa shape index (κ1) is 11.8. The highest BCUT2D eigenvalue weighted by molar-refractivity contribution is 5.92. The highest BCUT2D eigenvalue weighted by Crippen LogP contribution is 2.21. The molecule has 1 aromatic rings. The third kappa shape index (κ3) is 2.52. The van der Waals surface area contributed by atoms with Gasteiger partial charge in [0.15, 0.2) is 5.69 Å². The molecule has 17 heavy (non-hydrogen) atoms. The van der Waals surface area contributed by atoms with Crippen LogP contribution >= 0.6 is 0 Å². The number of rotatable bonds is 2. The predicted molar refractivity (Wildman–Crippen MR) is 62.7 cm³/mol. The van der Waals surface area contributed by atoms with E-state index >= 15 is 0 Å². The molecule has 1 fully saturated rings. The number of carbonyl (C=O) groups excluding carboxylic acids is 1. The molecule has 1 aliphatic rings. The number of aromatic nitrogens is 2. The molecule has 0 aromatic carbocycles. The van der Waals surface area contributed by atoms with Crippen LogP contribution in [0.4, 0.5) is 5.82 Å². The first-order chi connectivity index (χ1) is 8.02. The summed E-state index contributed by atoms with van der Waals surface area (Å²) in [6.45, 7) is 2.64. The van der Waals surface area contributed by atoms with Gasteiger partial charge in [0, 0.05) is 20.1 Å². The Kier molecular flexibility index (Phi) is 2.97. The van der Waals surface area contributed by atoms with Gasteiger partial charge in [-0.3, -0.25) is 4.79 Å². The van der Waals surface area contributed by atoms with Crippen molar-refractivity contribution >= 4 is 11.7 Å². The smallest absolute Gasteiger partial charge is 0.274 e. The molecule has 1 aliphatic heterocycles. The Morgan fingerprint density at radius 1 is 1.53 bits per heavy atom. The number of hydrogen-bond acceptors (Lipinski definition) is 5. The van der Waals surface area contributed by atoms with Crippen molar-refractivity contribution in [3.05, 3.63) is 17.8 Å². The Hall–Kier alpha value is -1.69. The van der Waals surface area contributed by atoms with E-state index in [1.54, 1.807) is 31.0 Å². The Morgan fingerprint density at radius 2 is 2.29 bits per heavy atom. The summed E-state index contributed by atoms with van der Waals surface area (Å²) in [4.78, 5) is 13.6. The minimum Gasteiger partial charge on any atom is -0.388 e. The van der Waals surface area contributed by atoms with E-state index in [0.29, 0.717) is 31.0 Å². The molecule has 0 bridgehead atoms. The van der Waals surface area contributed by atoms with E-state index in [9.17, 15) is 9.90 Å². The molecule has 6 nitrogen and oxygen atoms in total. The zero-order valence-electron chi connectivity index (χ0n) is 9.97. The lowest BCUT2D eigenvalue weighted by Crippen LogP contribution is -2.34. The molecule has 1 atom stereocenters.